The number of nitrogens with one attached hydrogen (secondary N) is 1. The lowest BCUT2D eigenvalue weighted by molar-refractivity contribution is -0.153. The van der Waals surface area contributed by atoms with Gasteiger partial charge in [-0.05, 0) is 59.2 Å². The van der Waals surface area contributed by atoms with E-state index >= 15 is 0 Å². The van der Waals surface area contributed by atoms with E-state index in [4.69, 9.17) is 15.2 Å². The van der Waals surface area contributed by atoms with E-state index in [1.807, 2.05) is 0 Å². The highest BCUT2D eigenvalue weighted by molar-refractivity contribution is 6.12. The molecular weight excluding hydrogens is 446 g/mol. The number of Topliss-reactive ketones (excluding diaryl/α,β-unsaturated/α-hetero) is 1. The number of halogens is 2. The second kappa shape index (κ2) is 9.96. The number of hydrogen-bond donors (Lipinski definition) is 2. The average molecular weight is 470 g/mol. The SMILES string of the molecule is COC(=O)[C@@](N)(C(=O)[C@H](C)NC(=O)Cc1cc(F)cc(F)c1)c1ccc2cc(OC)ccc2c1. The van der Waals surface area contributed by atoms with Crippen molar-refractivity contribution < 1.29 is 32.6 Å². The molecule has 0 radical (unpaired) electrons. The van der Waals surface area contributed by atoms with Crippen molar-refractivity contribution in [3.63, 3.8) is 0 Å². The molecule has 3 N–H and O–H groups in total. The van der Waals surface area contributed by atoms with Crippen LogP contribution >= 0.6 is 0 Å². The smallest absolute Gasteiger partial charge is 0.338 e. The van der Waals surface area contributed by atoms with Gasteiger partial charge in [0.15, 0.2) is 5.78 Å². The monoisotopic (exact) mass is 470 g/mol. The standard InChI is InChI=1S/C25H24F2N2O5/c1-14(29-22(30)10-15-8-19(26)13-20(27)9-15)23(31)25(28,24(32)34-3)18-6-4-17-12-21(33-2)7-5-16(17)11-18/h4-9,11-14H,10,28H2,1-3H3,(H,29,30)/t14-,25-/m0/s1. The highest BCUT2D eigenvalue weighted by Gasteiger charge is 2.47. The van der Waals surface area contributed by atoms with Gasteiger partial charge in [0, 0.05) is 6.07 Å². The maximum atomic E-state index is 13.4. The molecule has 3 aromatic rings. The number of nitrogens with two attached hydrogens (primary N) is 1. The molecule has 0 bridgehead atoms. The Balaban J connectivity index is 1.87. The summed E-state index contributed by atoms with van der Waals surface area (Å²) in [6.07, 6.45) is -0.375. The lowest BCUT2D eigenvalue weighted by Crippen LogP contribution is -2.59. The molecule has 0 aliphatic rings. The zero-order chi connectivity index (χ0) is 25.0. The Morgan fingerprint density at radius 3 is 2.21 bits per heavy atom. The van der Waals surface area contributed by atoms with Gasteiger partial charge in [-0.2, -0.15) is 0 Å². The number of benzene rings is 3. The Bertz CT molecular complexity index is 1240. The van der Waals surface area contributed by atoms with Crippen molar-refractivity contribution in [1.82, 2.24) is 5.32 Å². The lowest BCUT2D eigenvalue weighted by atomic mass is 9.82. The topological polar surface area (TPSA) is 108 Å². The maximum Gasteiger partial charge on any atom is 0.338 e. The van der Waals surface area contributed by atoms with E-state index in [1.165, 1.54) is 20.1 Å². The summed E-state index contributed by atoms with van der Waals surface area (Å²) in [7, 11) is 2.64. The molecule has 9 heteroatoms. The van der Waals surface area contributed by atoms with Gasteiger partial charge in [0.1, 0.15) is 17.4 Å². The van der Waals surface area contributed by atoms with Gasteiger partial charge >= 0.3 is 5.97 Å². The van der Waals surface area contributed by atoms with Crippen molar-refractivity contribution in [2.75, 3.05) is 14.2 Å². The minimum absolute atomic E-state index is 0.0894. The van der Waals surface area contributed by atoms with Gasteiger partial charge in [0.2, 0.25) is 11.4 Å². The summed E-state index contributed by atoms with van der Waals surface area (Å²) in [4.78, 5) is 38.4. The van der Waals surface area contributed by atoms with Crippen molar-refractivity contribution in [1.29, 1.82) is 0 Å². The van der Waals surface area contributed by atoms with Gasteiger partial charge in [-0.25, -0.2) is 13.6 Å². The van der Waals surface area contributed by atoms with Crippen LogP contribution in [0, 0.1) is 11.6 Å². The first-order valence-corrected chi connectivity index (χ1v) is 10.3. The van der Waals surface area contributed by atoms with Gasteiger partial charge in [-0.15, -0.1) is 0 Å². The molecule has 0 fully saturated rings. The normalized spacial score (nSPS) is 13.6. The van der Waals surface area contributed by atoms with Gasteiger partial charge in [-0.3, -0.25) is 9.59 Å². The molecule has 178 valence electrons. The van der Waals surface area contributed by atoms with E-state index in [0.29, 0.717) is 17.2 Å². The molecule has 7 nitrogen and oxygen atoms in total. The molecular formula is C25H24F2N2O5. The zero-order valence-corrected chi connectivity index (χ0v) is 18.9. The third-order valence-electron chi connectivity index (χ3n) is 5.46. The maximum absolute atomic E-state index is 13.4. The molecule has 0 spiro atoms. The Hall–Kier alpha value is -3.85. The number of esters is 1. The highest BCUT2D eigenvalue weighted by Crippen LogP contribution is 2.28. The Morgan fingerprint density at radius 2 is 1.59 bits per heavy atom. The van der Waals surface area contributed by atoms with Crippen LogP contribution in [0.5, 0.6) is 5.75 Å². The van der Waals surface area contributed by atoms with Crippen LogP contribution < -0.4 is 15.8 Å². The predicted octanol–water partition coefficient (Wildman–Crippen LogP) is 2.77. The molecule has 0 saturated heterocycles. The summed E-state index contributed by atoms with van der Waals surface area (Å²) in [5, 5.41) is 3.94. The molecule has 0 aliphatic heterocycles. The second-order valence-corrected chi connectivity index (χ2v) is 7.84. The van der Waals surface area contributed by atoms with Crippen molar-refractivity contribution in [3.05, 3.63) is 77.4 Å². The molecule has 0 unspecified atom stereocenters. The van der Waals surface area contributed by atoms with Gasteiger partial charge < -0.3 is 20.5 Å². The third-order valence-corrected chi connectivity index (χ3v) is 5.46. The number of methoxy groups -OCH3 is 2. The summed E-state index contributed by atoms with van der Waals surface area (Å²) >= 11 is 0. The van der Waals surface area contributed by atoms with Crippen LogP contribution in [0.25, 0.3) is 10.8 Å². The van der Waals surface area contributed by atoms with Crippen molar-refractivity contribution in [2.45, 2.75) is 24.9 Å². The number of fused-ring (bicyclic) bond motifs is 1. The summed E-state index contributed by atoms with van der Waals surface area (Å²) in [5.74, 6) is -3.51. The number of amides is 1. The third kappa shape index (κ3) is 5.04. The number of ether oxygens (including phenoxy) is 2. The number of ketones is 1. The van der Waals surface area contributed by atoms with Crippen LogP contribution in [0.2, 0.25) is 0 Å². The van der Waals surface area contributed by atoms with Crippen LogP contribution in [0.15, 0.2) is 54.6 Å². The van der Waals surface area contributed by atoms with Crippen LogP contribution in [0.1, 0.15) is 18.1 Å². The minimum Gasteiger partial charge on any atom is -0.497 e. The van der Waals surface area contributed by atoms with E-state index in [2.05, 4.69) is 5.32 Å². The Labute approximate surface area is 194 Å². The number of carbonyl (C=O) groups excluding carboxylic acids is 3. The molecule has 0 heterocycles. The van der Waals surface area contributed by atoms with Crippen LogP contribution in [-0.4, -0.2) is 37.9 Å². The van der Waals surface area contributed by atoms with Crippen LogP contribution in [0.3, 0.4) is 0 Å². The fourth-order valence-corrected chi connectivity index (χ4v) is 3.72. The quantitative estimate of drug-likeness (QED) is 0.387. The summed E-state index contributed by atoms with van der Waals surface area (Å²) in [5.41, 5.74) is 4.39. The number of rotatable bonds is 8. The summed E-state index contributed by atoms with van der Waals surface area (Å²) in [6, 6.07) is 11.6. The highest BCUT2D eigenvalue weighted by atomic mass is 19.1. The zero-order valence-electron chi connectivity index (χ0n) is 18.9. The fraction of sp³-hybridized carbons (Fsp3) is 0.240. The van der Waals surface area contributed by atoms with E-state index in [0.717, 1.165) is 24.6 Å². The second-order valence-electron chi connectivity index (χ2n) is 7.84. The van der Waals surface area contributed by atoms with E-state index in [1.54, 1.807) is 30.3 Å². The summed E-state index contributed by atoms with van der Waals surface area (Å²) in [6.45, 7) is 1.36. The first-order valence-electron chi connectivity index (χ1n) is 10.3. The summed E-state index contributed by atoms with van der Waals surface area (Å²) < 4.78 is 36.8. The fourth-order valence-electron chi connectivity index (χ4n) is 3.72. The van der Waals surface area contributed by atoms with Crippen molar-refractivity contribution in [2.24, 2.45) is 5.73 Å². The van der Waals surface area contributed by atoms with Crippen LogP contribution in [-0.2, 0) is 31.1 Å². The van der Waals surface area contributed by atoms with E-state index in [-0.39, 0.29) is 17.5 Å². The van der Waals surface area contributed by atoms with E-state index in [9.17, 15) is 23.2 Å². The van der Waals surface area contributed by atoms with Crippen molar-refractivity contribution in [3.8, 4) is 5.75 Å². The van der Waals surface area contributed by atoms with E-state index < -0.39 is 40.9 Å². The van der Waals surface area contributed by atoms with Crippen molar-refractivity contribution >= 4 is 28.4 Å². The predicted molar refractivity (Wildman–Crippen MR) is 121 cm³/mol. The molecule has 3 aromatic carbocycles. The van der Waals surface area contributed by atoms with Gasteiger partial charge in [0.05, 0.1) is 26.7 Å². The average Bonchev–Trinajstić information content (AvgIpc) is 2.80. The molecule has 3 rings (SSSR count). The first-order chi connectivity index (χ1) is 16.1. The number of carbonyl (C=O) groups is 3. The lowest BCUT2D eigenvalue weighted by Gasteiger charge is -2.29. The van der Waals surface area contributed by atoms with Gasteiger partial charge in [0.25, 0.3) is 0 Å². The van der Waals surface area contributed by atoms with Gasteiger partial charge in [-0.1, -0.05) is 18.2 Å². The molecule has 34 heavy (non-hydrogen) atoms. The molecule has 0 aromatic heterocycles. The molecule has 0 saturated carbocycles. The molecule has 1 amide bonds. The molecule has 0 aliphatic carbocycles. The minimum atomic E-state index is -2.21. The Kier molecular flexibility index (Phi) is 7.26. The largest absolute Gasteiger partial charge is 0.497 e. The first kappa shape index (κ1) is 24.8. The van der Waals surface area contributed by atoms with Crippen LogP contribution in [0.4, 0.5) is 8.78 Å². The number of hydrogen-bond acceptors (Lipinski definition) is 6. The Morgan fingerprint density at radius 1 is 0.971 bits per heavy atom. The molecule has 2 atom stereocenters.